The van der Waals surface area contributed by atoms with E-state index in [9.17, 15) is 9.18 Å². The summed E-state index contributed by atoms with van der Waals surface area (Å²) in [5.41, 5.74) is 1.13. The van der Waals surface area contributed by atoms with Gasteiger partial charge in [0.05, 0.1) is 18.7 Å². The number of carbonyl (C=O) groups is 1. The maximum atomic E-state index is 13.7. The van der Waals surface area contributed by atoms with Gasteiger partial charge in [0.25, 0.3) is 0 Å². The summed E-state index contributed by atoms with van der Waals surface area (Å²) >= 11 is 6.01. The van der Waals surface area contributed by atoms with Crippen LogP contribution >= 0.6 is 11.6 Å². The fourth-order valence-corrected chi connectivity index (χ4v) is 3.93. The number of halogens is 2. The number of ether oxygens (including phenoxy) is 2. The molecule has 1 saturated heterocycles. The first kappa shape index (κ1) is 23.0. The van der Waals surface area contributed by atoms with Gasteiger partial charge in [0, 0.05) is 50.8 Å². The van der Waals surface area contributed by atoms with Crippen molar-refractivity contribution in [3.8, 4) is 11.5 Å². The van der Waals surface area contributed by atoms with E-state index in [1.165, 1.54) is 18.5 Å². The van der Waals surface area contributed by atoms with E-state index in [1.54, 1.807) is 12.1 Å². The Hall–Kier alpha value is -3.19. The van der Waals surface area contributed by atoms with Gasteiger partial charge in [-0.2, -0.15) is 0 Å². The van der Waals surface area contributed by atoms with Crippen molar-refractivity contribution in [3.63, 3.8) is 0 Å². The fraction of sp³-hybridized carbons (Fsp3) is 0.320. The molecule has 0 N–H and O–H groups in total. The topological polar surface area (TPSA) is 64.6 Å². The van der Waals surface area contributed by atoms with Gasteiger partial charge < -0.3 is 14.4 Å². The molecule has 8 heteroatoms. The lowest BCUT2D eigenvalue weighted by molar-refractivity contribution is -0.132. The number of hydrogen-bond donors (Lipinski definition) is 0. The van der Waals surface area contributed by atoms with Crippen LogP contribution in [0.2, 0.25) is 5.15 Å². The largest absolute Gasteiger partial charge is 0.493 e. The van der Waals surface area contributed by atoms with Crippen LogP contribution in [0.4, 0.5) is 4.39 Å². The predicted octanol–water partition coefficient (Wildman–Crippen LogP) is 4.50. The van der Waals surface area contributed by atoms with Gasteiger partial charge in [-0.3, -0.25) is 9.78 Å². The van der Waals surface area contributed by atoms with Crippen molar-refractivity contribution < 1.29 is 18.7 Å². The van der Waals surface area contributed by atoms with Gasteiger partial charge >= 0.3 is 0 Å². The molecule has 6 nitrogen and oxygen atoms in total. The molecule has 3 aromatic rings. The first-order chi connectivity index (χ1) is 16.1. The number of aromatic nitrogens is 2. The second-order valence-corrected chi connectivity index (χ2v) is 8.19. The van der Waals surface area contributed by atoms with Gasteiger partial charge in [-0.15, -0.1) is 0 Å². The zero-order chi connectivity index (χ0) is 23.0. The summed E-state index contributed by atoms with van der Waals surface area (Å²) in [4.78, 5) is 22.5. The van der Waals surface area contributed by atoms with Crippen molar-refractivity contribution in [2.24, 2.45) is 0 Å². The number of hydrogen-bond acceptors (Lipinski definition) is 5. The van der Waals surface area contributed by atoms with E-state index in [2.05, 4.69) is 9.97 Å². The Balaban J connectivity index is 1.23. The van der Waals surface area contributed by atoms with Crippen molar-refractivity contribution in [3.05, 3.63) is 83.2 Å². The molecular formula is C25H25ClFN3O3. The molecule has 0 saturated carbocycles. The third-order valence-corrected chi connectivity index (χ3v) is 5.86. The average Bonchev–Trinajstić information content (AvgIpc) is 2.82. The summed E-state index contributed by atoms with van der Waals surface area (Å²) in [7, 11) is 0. The Morgan fingerprint density at radius 3 is 2.61 bits per heavy atom. The van der Waals surface area contributed by atoms with Crippen LogP contribution in [0.15, 0.2) is 60.9 Å². The number of nitrogens with zero attached hydrogens (tertiary/aromatic N) is 3. The first-order valence-electron chi connectivity index (χ1n) is 10.9. The summed E-state index contributed by atoms with van der Waals surface area (Å²) in [6.45, 7) is 1.60. The molecule has 33 heavy (non-hydrogen) atoms. The molecule has 172 valence electrons. The standard InChI is InChI=1S/C25H25ClFN3O3/c26-25-23(28-11-12-29-25)17-24(31)30-13-8-19(9-14-30)33-21-6-3-5-20(16-21)32-15-10-18-4-1-2-7-22(18)27/h1-7,11-12,16,19H,8-10,13-15,17H2. The van der Waals surface area contributed by atoms with Crippen molar-refractivity contribution in [1.29, 1.82) is 0 Å². The molecule has 4 rings (SSSR count). The van der Waals surface area contributed by atoms with Crippen LogP contribution in [0.5, 0.6) is 11.5 Å². The highest BCUT2D eigenvalue weighted by molar-refractivity contribution is 6.30. The highest BCUT2D eigenvalue weighted by Crippen LogP contribution is 2.24. The van der Waals surface area contributed by atoms with E-state index >= 15 is 0 Å². The first-order valence-corrected chi connectivity index (χ1v) is 11.3. The molecule has 2 heterocycles. The van der Waals surface area contributed by atoms with Crippen LogP contribution < -0.4 is 9.47 Å². The molecule has 0 unspecified atom stereocenters. The lowest BCUT2D eigenvalue weighted by atomic mass is 10.1. The number of rotatable bonds is 8. The minimum absolute atomic E-state index is 0.0129. The lowest BCUT2D eigenvalue weighted by Crippen LogP contribution is -2.42. The molecule has 0 bridgehead atoms. The molecule has 1 aliphatic heterocycles. The minimum atomic E-state index is -0.220. The van der Waals surface area contributed by atoms with Crippen LogP contribution in [0.25, 0.3) is 0 Å². The van der Waals surface area contributed by atoms with Gasteiger partial charge in [0.15, 0.2) is 5.15 Å². The molecule has 1 aliphatic rings. The maximum Gasteiger partial charge on any atom is 0.228 e. The monoisotopic (exact) mass is 469 g/mol. The van der Waals surface area contributed by atoms with Crippen LogP contribution in [0.1, 0.15) is 24.1 Å². The molecule has 0 aliphatic carbocycles. The molecule has 1 amide bonds. The van der Waals surface area contributed by atoms with Crippen LogP contribution in [0.3, 0.4) is 0 Å². The van der Waals surface area contributed by atoms with Gasteiger partial charge in [-0.25, -0.2) is 9.37 Å². The molecule has 1 aromatic heterocycles. The van der Waals surface area contributed by atoms with Gasteiger partial charge in [0.2, 0.25) is 5.91 Å². The van der Waals surface area contributed by atoms with Crippen molar-refractivity contribution >= 4 is 17.5 Å². The number of piperidine rings is 1. The molecule has 2 aromatic carbocycles. The number of likely N-dealkylation sites (tertiary alicyclic amines) is 1. The zero-order valence-corrected chi connectivity index (χ0v) is 18.9. The van der Waals surface area contributed by atoms with Crippen LogP contribution in [0, 0.1) is 5.82 Å². The Morgan fingerprint density at radius 2 is 1.82 bits per heavy atom. The summed E-state index contributed by atoms with van der Waals surface area (Å²) in [5.74, 6) is 1.16. The summed E-state index contributed by atoms with van der Waals surface area (Å²) in [6.07, 6.45) is 5.16. The Labute approximate surface area is 197 Å². The van der Waals surface area contributed by atoms with E-state index in [0.717, 1.165) is 18.6 Å². The van der Waals surface area contributed by atoms with Crippen molar-refractivity contribution in [1.82, 2.24) is 14.9 Å². The quantitative estimate of drug-likeness (QED) is 0.486. The van der Waals surface area contributed by atoms with E-state index in [0.29, 0.717) is 43.1 Å². The molecule has 1 fully saturated rings. The van der Waals surface area contributed by atoms with E-state index in [1.807, 2.05) is 35.2 Å². The summed E-state index contributed by atoms with van der Waals surface area (Å²) < 4.78 is 25.6. The SMILES string of the molecule is O=C(Cc1nccnc1Cl)N1CCC(Oc2cccc(OCCc3ccccc3F)c2)CC1. The molecule has 0 spiro atoms. The normalized spacial score (nSPS) is 14.2. The molecule has 0 atom stereocenters. The summed E-state index contributed by atoms with van der Waals surface area (Å²) in [5, 5.41) is 0.264. The maximum absolute atomic E-state index is 13.7. The molecule has 0 radical (unpaired) electrons. The average molecular weight is 470 g/mol. The fourth-order valence-electron chi connectivity index (χ4n) is 3.76. The van der Waals surface area contributed by atoms with E-state index in [4.69, 9.17) is 21.1 Å². The highest BCUT2D eigenvalue weighted by Gasteiger charge is 2.25. The van der Waals surface area contributed by atoms with E-state index < -0.39 is 0 Å². The lowest BCUT2D eigenvalue weighted by Gasteiger charge is -2.32. The Bertz CT molecular complexity index is 1090. The molecular weight excluding hydrogens is 445 g/mol. The van der Waals surface area contributed by atoms with Crippen molar-refractivity contribution in [2.75, 3.05) is 19.7 Å². The van der Waals surface area contributed by atoms with Gasteiger partial charge in [0.1, 0.15) is 23.4 Å². The highest BCUT2D eigenvalue weighted by atomic mass is 35.5. The van der Waals surface area contributed by atoms with Gasteiger partial charge in [-0.1, -0.05) is 35.9 Å². The number of carbonyl (C=O) groups excluding carboxylic acids is 1. The minimum Gasteiger partial charge on any atom is -0.493 e. The van der Waals surface area contributed by atoms with Gasteiger partial charge in [-0.05, 0) is 23.8 Å². The Kier molecular flexibility index (Phi) is 7.73. The smallest absolute Gasteiger partial charge is 0.228 e. The van der Waals surface area contributed by atoms with Crippen molar-refractivity contribution in [2.45, 2.75) is 31.8 Å². The number of benzene rings is 2. The van der Waals surface area contributed by atoms with E-state index in [-0.39, 0.29) is 29.4 Å². The summed E-state index contributed by atoms with van der Waals surface area (Å²) in [6, 6.07) is 14.2. The second-order valence-electron chi connectivity index (χ2n) is 7.83. The Morgan fingerprint density at radius 1 is 1.06 bits per heavy atom. The predicted molar refractivity (Wildman–Crippen MR) is 123 cm³/mol. The van der Waals surface area contributed by atoms with Crippen LogP contribution in [-0.2, 0) is 17.6 Å². The third-order valence-electron chi connectivity index (χ3n) is 5.54. The zero-order valence-electron chi connectivity index (χ0n) is 18.1. The second kappa shape index (κ2) is 11.1. The third kappa shape index (κ3) is 6.42. The van der Waals surface area contributed by atoms with Crippen LogP contribution in [-0.4, -0.2) is 46.6 Å². The number of amides is 1.